The molecule has 0 aliphatic rings. The van der Waals surface area contributed by atoms with Crippen LogP contribution >= 0.6 is 0 Å². The van der Waals surface area contributed by atoms with Crippen LogP contribution in [0.2, 0.25) is 0 Å². The molecule has 0 radical (unpaired) electrons. The molecule has 2 rings (SSSR count). The SMILES string of the molecule is CCc1ccc(OCCOc2ccccc2C=CC(=O)O)cc1. The molecule has 0 heterocycles. The second kappa shape index (κ2) is 8.63. The van der Waals surface area contributed by atoms with Gasteiger partial charge in [0, 0.05) is 11.6 Å². The Hall–Kier alpha value is -2.75. The van der Waals surface area contributed by atoms with Crippen molar-refractivity contribution >= 4 is 12.0 Å². The van der Waals surface area contributed by atoms with Crippen LogP contribution in [0.15, 0.2) is 54.6 Å². The van der Waals surface area contributed by atoms with Crippen molar-refractivity contribution in [1.82, 2.24) is 0 Å². The van der Waals surface area contributed by atoms with Crippen molar-refractivity contribution in [3.05, 3.63) is 65.7 Å². The number of carboxylic acid groups (broad SMARTS) is 1. The maximum atomic E-state index is 10.6. The van der Waals surface area contributed by atoms with E-state index in [0.29, 0.717) is 19.0 Å². The zero-order valence-corrected chi connectivity index (χ0v) is 13.1. The minimum Gasteiger partial charge on any atom is -0.490 e. The van der Waals surface area contributed by atoms with E-state index in [2.05, 4.69) is 6.92 Å². The molecule has 0 bridgehead atoms. The summed E-state index contributed by atoms with van der Waals surface area (Å²) in [5, 5.41) is 8.70. The van der Waals surface area contributed by atoms with Gasteiger partial charge in [0.2, 0.25) is 0 Å². The Morgan fingerprint density at radius 3 is 2.43 bits per heavy atom. The van der Waals surface area contributed by atoms with E-state index in [4.69, 9.17) is 14.6 Å². The predicted octanol–water partition coefficient (Wildman–Crippen LogP) is 3.80. The lowest BCUT2D eigenvalue weighted by Crippen LogP contribution is -2.09. The van der Waals surface area contributed by atoms with Crippen LogP contribution in [0.5, 0.6) is 11.5 Å². The Morgan fingerprint density at radius 1 is 1.04 bits per heavy atom. The summed E-state index contributed by atoms with van der Waals surface area (Å²) in [6, 6.07) is 15.3. The number of hydrogen-bond acceptors (Lipinski definition) is 3. The monoisotopic (exact) mass is 312 g/mol. The van der Waals surface area contributed by atoms with Gasteiger partial charge in [0.15, 0.2) is 0 Å². The van der Waals surface area contributed by atoms with Crippen LogP contribution in [-0.2, 0) is 11.2 Å². The molecule has 0 spiro atoms. The molecule has 0 atom stereocenters. The number of hydrogen-bond donors (Lipinski definition) is 1. The van der Waals surface area contributed by atoms with Crippen molar-refractivity contribution in [3.63, 3.8) is 0 Å². The molecule has 0 aromatic heterocycles. The summed E-state index contributed by atoms with van der Waals surface area (Å²) in [4.78, 5) is 10.6. The third-order valence-corrected chi connectivity index (χ3v) is 3.27. The minimum absolute atomic E-state index is 0.382. The largest absolute Gasteiger partial charge is 0.490 e. The van der Waals surface area contributed by atoms with Crippen molar-refractivity contribution in [2.24, 2.45) is 0 Å². The summed E-state index contributed by atoms with van der Waals surface area (Å²) in [6.45, 7) is 2.91. The van der Waals surface area contributed by atoms with Gasteiger partial charge in [-0.05, 0) is 36.3 Å². The lowest BCUT2D eigenvalue weighted by molar-refractivity contribution is -0.131. The van der Waals surface area contributed by atoms with Gasteiger partial charge in [-0.15, -0.1) is 0 Å². The fourth-order valence-corrected chi connectivity index (χ4v) is 2.04. The van der Waals surface area contributed by atoms with Crippen LogP contribution in [0, 0.1) is 0 Å². The average Bonchev–Trinajstić information content (AvgIpc) is 2.58. The molecule has 4 heteroatoms. The molecule has 0 amide bonds. The number of rotatable bonds is 8. The number of ether oxygens (including phenoxy) is 2. The third kappa shape index (κ3) is 5.51. The fourth-order valence-electron chi connectivity index (χ4n) is 2.04. The molecule has 1 N–H and O–H groups in total. The summed E-state index contributed by atoms with van der Waals surface area (Å²) < 4.78 is 11.3. The maximum absolute atomic E-state index is 10.6. The first-order valence-electron chi connectivity index (χ1n) is 7.53. The van der Waals surface area contributed by atoms with Gasteiger partial charge in [0.25, 0.3) is 0 Å². The summed E-state index contributed by atoms with van der Waals surface area (Å²) in [6.07, 6.45) is 3.61. The highest BCUT2D eigenvalue weighted by atomic mass is 16.5. The zero-order chi connectivity index (χ0) is 16.5. The molecule has 0 aliphatic heterocycles. The highest BCUT2D eigenvalue weighted by Gasteiger charge is 2.01. The predicted molar refractivity (Wildman–Crippen MR) is 89.9 cm³/mol. The first kappa shape index (κ1) is 16.6. The molecule has 0 fully saturated rings. The molecule has 4 nitrogen and oxygen atoms in total. The Balaban J connectivity index is 1.85. The first-order valence-corrected chi connectivity index (χ1v) is 7.53. The van der Waals surface area contributed by atoms with E-state index >= 15 is 0 Å². The first-order chi connectivity index (χ1) is 11.2. The van der Waals surface area contributed by atoms with Crippen LogP contribution in [0.3, 0.4) is 0 Å². The standard InChI is InChI=1S/C19H20O4/c1-2-15-7-10-17(11-8-15)22-13-14-23-18-6-4-3-5-16(18)9-12-19(20)21/h3-12H,2,13-14H2,1H3,(H,20,21). The molecule has 0 saturated carbocycles. The van der Waals surface area contributed by atoms with Crippen molar-refractivity contribution in [1.29, 1.82) is 0 Å². The van der Waals surface area contributed by atoms with Gasteiger partial charge in [0.05, 0.1) is 0 Å². The Bertz CT molecular complexity index is 659. The van der Waals surface area contributed by atoms with Crippen LogP contribution in [0.4, 0.5) is 0 Å². The smallest absolute Gasteiger partial charge is 0.328 e. The lowest BCUT2D eigenvalue weighted by Gasteiger charge is -2.10. The van der Waals surface area contributed by atoms with Gasteiger partial charge < -0.3 is 14.6 Å². The number of carbonyl (C=O) groups is 1. The number of aryl methyl sites for hydroxylation is 1. The summed E-state index contributed by atoms with van der Waals surface area (Å²) in [7, 11) is 0. The van der Waals surface area contributed by atoms with Gasteiger partial charge >= 0.3 is 5.97 Å². The van der Waals surface area contributed by atoms with E-state index in [0.717, 1.165) is 23.8 Å². The van der Waals surface area contributed by atoms with E-state index < -0.39 is 5.97 Å². The van der Waals surface area contributed by atoms with E-state index in [9.17, 15) is 4.79 Å². The Morgan fingerprint density at radius 2 is 1.74 bits per heavy atom. The molecular weight excluding hydrogens is 292 g/mol. The molecule has 0 unspecified atom stereocenters. The third-order valence-electron chi connectivity index (χ3n) is 3.27. The van der Waals surface area contributed by atoms with Crippen LogP contribution in [0.1, 0.15) is 18.1 Å². The molecule has 0 aliphatic carbocycles. The van der Waals surface area contributed by atoms with Crippen LogP contribution in [-0.4, -0.2) is 24.3 Å². The molecule has 120 valence electrons. The number of benzene rings is 2. The normalized spacial score (nSPS) is 10.7. The topological polar surface area (TPSA) is 55.8 Å². The number of aliphatic carboxylic acids is 1. The molecule has 0 saturated heterocycles. The average molecular weight is 312 g/mol. The summed E-state index contributed by atoms with van der Waals surface area (Å²) in [5.41, 5.74) is 2.00. The lowest BCUT2D eigenvalue weighted by atomic mass is 10.2. The van der Waals surface area contributed by atoms with Gasteiger partial charge in [-0.1, -0.05) is 37.3 Å². The summed E-state index contributed by atoms with van der Waals surface area (Å²) >= 11 is 0. The van der Waals surface area contributed by atoms with E-state index in [1.54, 1.807) is 12.1 Å². The van der Waals surface area contributed by atoms with E-state index in [1.807, 2.05) is 36.4 Å². The van der Waals surface area contributed by atoms with Crippen molar-refractivity contribution in [3.8, 4) is 11.5 Å². The highest BCUT2D eigenvalue weighted by Crippen LogP contribution is 2.19. The number of carboxylic acids is 1. The highest BCUT2D eigenvalue weighted by molar-refractivity contribution is 5.85. The second-order valence-electron chi connectivity index (χ2n) is 4.90. The van der Waals surface area contributed by atoms with Crippen molar-refractivity contribution < 1.29 is 19.4 Å². The van der Waals surface area contributed by atoms with Crippen molar-refractivity contribution in [2.75, 3.05) is 13.2 Å². The second-order valence-corrected chi connectivity index (χ2v) is 4.90. The molecule has 23 heavy (non-hydrogen) atoms. The van der Waals surface area contributed by atoms with Crippen molar-refractivity contribution in [2.45, 2.75) is 13.3 Å². The van der Waals surface area contributed by atoms with E-state index in [-0.39, 0.29) is 0 Å². The van der Waals surface area contributed by atoms with Crippen LogP contribution in [0.25, 0.3) is 6.08 Å². The van der Waals surface area contributed by atoms with Crippen LogP contribution < -0.4 is 9.47 Å². The van der Waals surface area contributed by atoms with Gasteiger partial charge in [-0.3, -0.25) is 0 Å². The van der Waals surface area contributed by atoms with E-state index in [1.165, 1.54) is 11.6 Å². The van der Waals surface area contributed by atoms with Gasteiger partial charge in [-0.2, -0.15) is 0 Å². The zero-order valence-electron chi connectivity index (χ0n) is 13.1. The summed E-state index contributed by atoms with van der Waals surface area (Å²) in [5.74, 6) is 0.457. The minimum atomic E-state index is -0.987. The molecular formula is C19H20O4. The number of para-hydroxylation sites is 1. The Labute approximate surface area is 136 Å². The fraction of sp³-hybridized carbons (Fsp3) is 0.211. The molecule has 2 aromatic carbocycles. The van der Waals surface area contributed by atoms with Gasteiger partial charge in [0.1, 0.15) is 24.7 Å². The maximum Gasteiger partial charge on any atom is 0.328 e. The molecule has 2 aromatic rings. The quantitative estimate of drug-likeness (QED) is 0.595. The van der Waals surface area contributed by atoms with Gasteiger partial charge in [-0.25, -0.2) is 4.79 Å². The Kier molecular flexibility index (Phi) is 6.24.